The second-order valence-corrected chi connectivity index (χ2v) is 7.52. The summed E-state index contributed by atoms with van der Waals surface area (Å²) in [5.74, 6) is 0.476. The fraction of sp³-hybridized carbons (Fsp3) is 0.217. The molecule has 5 rings (SSSR count). The third-order valence-corrected chi connectivity index (χ3v) is 5.25. The van der Waals surface area contributed by atoms with Gasteiger partial charge in [-0.05, 0) is 29.1 Å². The minimum Gasteiger partial charge on any atom is -0.472 e. The van der Waals surface area contributed by atoms with E-state index >= 15 is 0 Å². The quantitative estimate of drug-likeness (QED) is 0.502. The van der Waals surface area contributed by atoms with Gasteiger partial charge >= 0.3 is 0 Å². The highest BCUT2D eigenvalue weighted by atomic mass is 16.5. The molecule has 150 valence electrons. The van der Waals surface area contributed by atoms with Gasteiger partial charge in [-0.3, -0.25) is 14.5 Å². The van der Waals surface area contributed by atoms with E-state index < -0.39 is 0 Å². The Hall–Kier alpha value is -3.58. The Kier molecular flexibility index (Phi) is 4.72. The number of rotatable bonds is 6. The number of pyridine rings is 2. The minimum absolute atomic E-state index is 0.00996. The molecule has 0 atom stereocenters. The number of ether oxygens (including phenoxy) is 1. The lowest BCUT2D eigenvalue weighted by Gasteiger charge is -2.27. The van der Waals surface area contributed by atoms with E-state index in [9.17, 15) is 4.79 Å². The van der Waals surface area contributed by atoms with Gasteiger partial charge in [0.15, 0.2) is 5.78 Å². The van der Waals surface area contributed by atoms with Crippen molar-refractivity contribution in [1.82, 2.24) is 25.1 Å². The fourth-order valence-electron chi connectivity index (χ4n) is 3.46. The lowest BCUT2D eigenvalue weighted by Crippen LogP contribution is -2.50. The number of Topliss-reactive ketones (excluding diaryl/α,β-unsaturated/α-hetero) is 1. The first-order valence-electron chi connectivity index (χ1n) is 9.88. The molecule has 1 fully saturated rings. The van der Waals surface area contributed by atoms with Gasteiger partial charge in [-0.15, -0.1) is 0 Å². The number of hydrogen-bond donors (Lipinski definition) is 1. The molecule has 1 saturated heterocycles. The maximum absolute atomic E-state index is 12.8. The van der Waals surface area contributed by atoms with Crippen LogP contribution >= 0.6 is 0 Å². The SMILES string of the molecule is Cn1cc(-c2ccc3cnc(CC(=O)c4ccnc(OC5CNC5)c4)cc3c2)cn1. The third-order valence-electron chi connectivity index (χ3n) is 5.25. The van der Waals surface area contributed by atoms with Crippen molar-refractivity contribution in [2.24, 2.45) is 7.05 Å². The zero-order valence-electron chi connectivity index (χ0n) is 16.6. The first-order valence-corrected chi connectivity index (χ1v) is 9.88. The number of carbonyl (C=O) groups excluding carboxylic acids is 1. The Balaban J connectivity index is 1.36. The molecule has 0 bridgehead atoms. The minimum atomic E-state index is -0.00996. The highest BCUT2D eigenvalue weighted by molar-refractivity contribution is 5.98. The molecular weight excluding hydrogens is 378 g/mol. The molecule has 0 saturated carbocycles. The summed E-state index contributed by atoms with van der Waals surface area (Å²) in [6, 6.07) is 11.6. The number of ketones is 1. The van der Waals surface area contributed by atoms with E-state index in [4.69, 9.17) is 4.74 Å². The van der Waals surface area contributed by atoms with Crippen molar-refractivity contribution in [3.8, 4) is 17.0 Å². The van der Waals surface area contributed by atoms with E-state index in [0.717, 1.165) is 40.7 Å². The van der Waals surface area contributed by atoms with Crippen molar-refractivity contribution in [3.63, 3.8) is 0 Å². The van der Waals surface area contributed by atoms with E-state index in [0.29, 0.717) is 11.4 Å². The second-order valence-electron chi connectivity index (χ2n) is 7.52. The average Bonchev–Trinajstić information content (AvgIpc) is 3.17. The molecule has 7 nitrogen and oxygen atoms in total. The average molecular weight is 399 g/mol. The third kappa shape index (κ3) is 3.79. The molecule has 1 aliphatic heterocycles. The summed E-state index contributed by atoms with van der Waals surface area (Å²) in [7, 11) is 1.90. The molecule has 4 heterocycles. The van der Waals surface area contributed by atoms with E-state index in [1.54, 1.807) is 23.0 Å². The van der Waals surface area contributed by atoms with Crippen LogP contribution in [0.2, 0.25) is 0 Å². The standard InChI is InChI=1S/C23H21N5O2/c1-28-14-19(11-27-28)15-2-3-17-10-26-20(7-18(17)6-15)9-22(29)16-4-5-25-23(8-16)30-21-12-24-13-21/h2-8,10-11,14,21,24H,9,12-13H2,1H3. The van der Waals surface area contributed by atoms with Crippen LogP contribution in [-0.4, -0.2) is 44.7 Å². The molecule has 0 unspecified atom stereocenters. The van der Waals surface area contributed by atoms with Crippen molar-refractivity contribution in [2.75, 3.05) is 13.1 Å². The summed E-state index contributed by atoms with van der Waals surface area (Å²) >= 11 is 0. The first kappa shape index (κ1) is 18.4. The van der Waals surface area contributed by atoms with E-state index in [-0.39, 0.29) is 18.3 Å². The Morgan fingerprint density at radius 3 is 2.77 bits per heavy atom. The van der Waals surface area contributed by atoms with Crippen molar-refractivity contribution in [3.05, 3.63) is 72.4 Å². The number of aromatic nitrogens is 4. The predicted octanol–water partition coefficient (Wildman–Crippen LogP) is 2.81. The number of carbonyl (C=O) groups is 1. The van der Waals surface area contributed by atoms with Gasteiger partial charge in [0.1, 0.15) is 6.10 Å². The van der Waals surface area contributed by atoms with Crippen LogP contribution in [0.4, 0.5) is 0 Å². The molecule has 3 aromatic heterocycles. The van der Waals surface area contributed by atoms with Gasteiger partial charge in [-0.25, -0.2) is 4.98 Å². The summed E-state index contributed by atoms with van der Waals surface area (Å²) in [6.07, 6.45) is 7.60. The topological polar surface area (TPSA) is 81.9 Å². The predicted molar refractivity (Wildman–Crippen MR) is 114 cm³/mol. The zero-order valence-corrected chi connectivity index (χ0v) is 16.6. The molecule has 7 heteroatoms. The largest absolute Gasteiger partial charge is 0.472 e. The Labute approximate surface area is 173 Å². The first-order chi connectivity index (χ1) is 14.6. The van der Waals surface area contributed by atoms with E-state index in [1.807, 2.05) is 37.8 Å². The molecule has 1 N–H and O–H groups in total. The number of aryl methyl sites for hydroxylation is 1. The van der Waals surface area contributed by atoms with Crippen molar-refractivity contribution in [1.29, 1.82) is 0 Å². The molecule has 30 heavy (non-hydrogen) atoms. The van der Waals surface area contributed by atoms with Gasteiger partial charge in [0.05, 0.1) is 12.6 Å². The highest BCUT2D eigenvalue weighted by Crippen LogP contribution is 2.24. The van der Waals surface area contributed by atoms with Crippen LogP contribution in [0.1, 0.15) is 16.1 Å². The molecule has 0 amide bonds. The molecule has 0 radical (unpaired) electrons. The van der Waals surface area contributed by atoms with Crippen molar-refractivity contribution < 1.29 is 9.53 Å². The van der Waals surface area contributed by atoms with Crippen molar-refractivity contribution >= 4 is 16.6 Å². The smallest absolute Gasteiger partial charge is 0.214 e. The Bertz CT molecular complexity index is 1230. The van der Waals surface area contributed by atoms with Crippen LogP contribution < -0.4 is 10.1 Å². The summed E-state index contributed by atoms with van der Waals surface area (Å²) < 4.78 is 7.54. The van der Waals surface area contributed by atoms with Gasteiger partial charge in [0.2, 0.25) is 5.88 Å². The van der Waals surface area contributed by atoms with Gasteiger partial charge < -0.3 is 10.1 Å². The Morgan fingerprint density at radius 2 is 2.00 bits per heavy atom. The normalized spacial score (nSPS) is 13.9. The van der Waals surface area contributed by atoms with Crippen LogP contribution in [-0.2, 0) is 13.5 Å². The molecule has 0 aliphatic carbocycles. The van der Waals surface area contributed by atoms with Crippen LogP contribution in [0, 0.1) is 0 Å². The van der Waals surface area contributed by atoms with Crippen LogP contribution in [0.15, 0.2) is 61.2 Å². The maximum atomic E-state index is 12.8. The lowest BCUT2D eigenvalue weighted by molar-refractivity contribution is 0.0989. The monoisotopic (exact) mass is 399 g/mol. The molecule has 1 aromatic carbocycles. The van der Waals surface area contributed by atoms with Crippen molar-refractivity contribution in [2.45, 2.75) is 12.5 Å². The van der Waals surface area contributed by atoms with Gasteiger partial charge in [-0.2, -0.15) is 5.10 Å². The maximum Gasteiger partial charge on any atom is 0.214 e. The van der Waals surface area contributed by atoms with Gasteiger partial charge in [0, 0.05) is 67.0 Å². The zero-order chi connectivity index (χ0) is 20.5. The summed E-state index contributed by atoms with van der Waals surface area (Å²) in [5, 5.41) is 9.47. The number of nitrogens with one attached hydrogen (secondary N) is 1. The van der Waals surface area contributed by atoms with Gasteiger partial charge in [-0.1, -0.05) is 12.1 Å². The van der Waals surface area contributed by atoms with E-state index in [2.05, 4.69) is 32.5 Å². The molecular formula is C23H21N5O2. The Morgan fingerprint density at radius 1 is 1.10 bits per heavy atom. The second kappa shape index (κ2) is 7.68. The number of fused-ring (bicyclic) bond motifs is 1. The molecule has 0 spiro atoms. The lowest BCUT2D eigenvalue weighted by atomic mass is 10.0. The number of hydrogen-bond acceptors (Lipinski definition) is 6. The summed E-state index contributed by atoms with van der Waals surface area (Å²) in [5.41, 5.74) is 3.46. The highest BCUT2D eigenvalue weighted by Gasteiger charge is 2.19. The van der Waals surface area contributed by atoms with Gasteiger partial charge in [0.25, 0.3) is 0 Å². The molecule has 4 aromatic rings. The van der Waals surface area contributed by atoms with Crippen LogP contribution in [0.25, 0.3) is 21.9 Å². The molecule has 1 aliphatic rings. The fourth-order valence-corrected chi connectivity index (χ4v) is 3.46. The number of nitrogens with zero attached hydrogens (tertiary/aromatic N) is 4. The summed E-state index contributed by atoms with van der Waals surface area (Å²) in [6.45, 7) is 1.61. The summed E-state index contributed by atoms with van der Waals surface area (Å²) in [4.78, 5) is 21.5. The number of benzene rings is 1. The van der Waals surface area contributed by atoms with Crippen LogP contribution in [0.5, 0.6) is 5.88 Å². The van der Waals surface area contributed by atoms with E-state index in [1.165, 1.54) is 0 Å². The van der Waals surface area contributed by atoms with Crippen LogP contribution in [0.3, 0.4) is 0 Å².